The van der Waals surface area contributed by atoms with Gasteiger partial charge in [0, 0.05) is 13.0 Å². The third-order valence-electron chi connectivity index (χ3n) is 0.806. The van der Waals surface area contributed by atoms with E-state index in [2.05, 4.69) is 11.9 Å². The summed E-state index contributed by atoms with van der Waals surface area (Å²) >= 11 is 1.69. The Kier molecular flexibility index (Phi) is 5.19. The summed E-state index contributed by atoms with van der Waals surface area (Å²) in [5, 5.41) is 2.48. The molecule has 10 heavy (non-hydrogen) atoms. The van der Waals surface area contributed by atoms with E-state index in [9.17, 15) is 9.59 Å². The Morgan fingerprint density at radius 3 is 2.60 bits per heavy atom. The largest absolute Gasteiger partial charge is 0.352 e. The Morgan fingerprint density at radius 2 is 2.20 bits per heavy atom. The van der Waals surface area contributed by atoms with Crippen LogP contribution in [0, 0.1) is 0 Å². The number of carbonyl (C=O) groups is 2. The van der Waals surface area contributed by atoms with Crippen LogP contribution in [0.3, 0.4) is 0 Å². The van der Waals surface area contributed by atoms with Crippen molar-refractivity contribution < 1.29 is 9.59 Å². The highest BCUT2D eigenvalue weighted by Gasteiger charge is 1.95. The van der Waals surface area contributed by atoms with E-state index in [1.54, 1.807) is 22.6 Å². The molecule has 0 bridgehead atoms. The molecule has 0 aliphatic rings. The van der Waals surface area contributed by atoms with Crippen molar-refractivity contribution in [2.75, 3.05) is 6.54 Å². The maximum atomic E-state index is 10.5. The van der Waals surface area contributed by atoms with Gasteiger partial charge in [0.05, 0.1) is 0 Å². The number of rotatable bonds is 4. The van der Waals surface area contributed by atoms with Crippen LogP contribution >= 0.6 is 22.6 Å². The lowest BCUT2D eigenvalue weighted by atomic mass is 10.4. The summed E-state index contributed by atoms with van der Waals surface area (Å²) in [4.78, 5) is 20.8. The number of hydrogen-bond acceptors (Lipinski definition) is 2. The lowest BCUT2D eigenvalue weighted by Gasteiger charge is -1.96. The summed E-state index contributed by atoms with van der Waals surface area (Å²) in [5.74, 6) is -0.238. The standard InChI is InChI=1S/C6H8INO2/c1-2-6(10)8-4-3-5(7)9/h2H,1,3-4H2,(H,8,10). The lowest BCUT2D eigenvalue weighted by molar-refractivity contribution is -0.116. The van der Waals surface area contributed by atoms with E-state index in [1.807, 2.05) is 0 Å². The Bertz CT molecular complexity index is 156. The van der Waals surface area contributed by atoms with Crippen molar-refractivity contribution in [2.24, 2.45) is 0 Å². The topological polar surface area (TPSA) is 46.2 Å². The fourth-order valence-electron chi connectivity index (χ4n) is 0.356. The van der Waals surface area contributed by atoms with Crippen molar-refractivity contribution in [3.05, 3.63) is 12.7 Å². The van der Waals surface area contributed by atoms with Gasteiger partial charge in [0.15, 0.2) is 3.79 Å². The SMILES string of the molecule is C=CC(=O)NCCC(=O)I. The molecule has 0 rings (SSSR count). The molecule has 0 aromatic heterocycles. The van der Waals surface area contributed by atoms with Crippen LogP contribution in [0.25, 0.3) is 0 Å². The van der Waals surface area contributed by atoms with Crippen molar-refractivity contribution in [3.8, 4) is 0 Å². The van der Waals surface area contributed by atoms with E-state index < -0.39 is 0 Å². The molecule has 0 aliphatic heterocycles. The minimum atomic E-state index is -0.238. The van der Waals surface area contributed by atoms with Gasteiger partial charge in [-0.25, -0.2) is 0 Å². The molecule has 0 atom stereocenters. The molecule has 56 valence electrons. The summed E-state index contributed by atoms with van der Waals surface area (Å²) in [6, 6.07) is 0. The second kappa shape index (κ2) is 5.40. The molecule has 3 nitrogen and oxygen atoms in total. The first-order valence-corrected chi connectivity index (χ1v) is 3.83. The molecule has 0 fully saturated rings. The minimum Gasteiger partial charge on any atom is -0.352 e. The number of halogens is 1. The lowest BCUT2D eigenvalue weighted by Crippen LogP contribution is -2.22. The number of amides is 1. The van der Waals surface area contributed by atoms with E-state index in [-0.39, 0.29) is 9.70 Å². The first kappa shape index (κ1) is 9.61. The van der Waals surface area contributed by atoms with Crippen LogP contribution in [0.4, 0.5) is 0 Å². The molecule has 0 saturated heterocycles. The molecule has 4 heteroatoms. The molecule has 0 aromatic rings. The van der Waals surface area contributed by atoms with Crippen LogP contribution in [-0.4, -0.2) is 16.2 Å². The average Bonchev–Trinajstić information content (AvgIpc) is 1.87. The van der Waals surface area contributed by atoms with Crippen LogP contribution < -0.4 is 5.32 Å². The van der Waals surface area contributed by atoms with Gasteiger partial charge in [-0.15, -0.1) is 0 Å². The summed E-state index contributed by atoms with van der Waals surface area (Å²) in [6.45, 7) is 3.65. The van der Waals surface area contributed by atoms with Crippen LogP contribution in [0.5, 0.6) is 0 Å². The van der Waals surface area contributed by atoms with E-state index >= 15 is 0 Å². The molecule has 0 spiro atoms. The van der Waals surface area contributed by atoms with Gasteiger partial charge < -0.3 is 5.32 Å². The average molecular weight is 253 g/mol. The zero-order chi connectivity index (χ0) is 7.98. The van der Waals surface area contributed by atoms with Gasteiger partial charge in [-0.3, -0.25) is 9.59 Å². The van der Waals surface area contributed by atoms with Crippen molar-refractivity contribution in [1.82, 2.24) is 5.32 Å². The molecule has 0 radical (unpaired) electrons. The van der Waals surface area contributed by atoms with Gasteiger partial charge in [-0.1, -0.05) is 6.58 Å². The summed E-state index contributed by atoms with van der Waals surface area (Å²) in [5.41, 5.74) is 0. The first-order chi connectivity index (χ1) is 4.66. The minimum absolute atomic E-state index is 0.0435. The molecule has 0 unspecified atom stereocenters. The molecular weight excluding hydrogens is 245 g/mol. The monoisotopic (exact) mass is 253 g/mol. The fraction of sp³-hybridized carbons (Fsp3) is 0.333. The molecule has 0 aromatic carbocycles. The summed E-state index contributed by atoms with van der Waals surface area (Å²) < 4.78 is 0.0435. The smallest absolute Gasteiger partial charge is 0.243 e. The number of carbonyl (C=O) groups excluding carboxylic acids is 2. The van der Waals surface area contributed by atoms with E-state index in [1.165, 1.54) is 6.08 Å². The van der Waals surface area contributed by atoms with Gasteiger partial charge in [0.25, 0.3) is 0 Å². The zero-order valence-corrected chi connectivity index (χ0v) is 7.55. The predicted molar refractivity (Wildman–Crippen MR) is 46.9 cm³/mol. The van der Waals surface area contributed by atoms with Crippen LogP contribution in [0.15, 0.2) is 12.7 Å². The maximum Gasteiger partial charge on any atom is 0.243 e. The van der Waals surface area contributed by atoms with E-state index in [4.69, 9.17) is 0 Å². The second-order valence-electron chi connectivity index (χ2n) is 1.60. The van der Waals surface area contributed by atoms with Gasteiger partial charge in [-0.05, 0) is 28.7 Å². The molecule has 0 aliphatic carbocycles. The highest BCUT2D eigenvalue weighted by molar-refractivity contribution is 14.1. The van der Waals surface area contributed by atoms with Gasteiger partial charge >= 0.3 is 0 Å². The summed E-state index contributed by atoms with van der Waals surface area (Å²) in [6.07, 6.45) is 1.55. The summed E-state index contributed by atoms with van der Waals surface area (Å²) in [7, 11) is 0. The second-order valence-corrected chi connectivity index (χ2v) is 2.80. The fourth-order valence-corrected chi connectivity index (χ4v) is 0.626. The van der Waals surface area contributed by atoms with Crippen molar-refractivity contribution in [3.63, 3.8) is 0 Å². The van der Waals surface area contributed by atoms with E-state index in [0.29, 0.717) is 13.0 Å². The predicted octanol–water partition coefficient (Wildman–Crippen LogP) is 0.640. The molecule has 1 N–H and O–H groups in total. The molecule has 0 saturated carbocycles. The first-order valence-electron chi connectivity index (χ1n) is 2.75. The Morgan fingerprint density at radius 1 is 1.60 bits per heavy atom. The molecular formula is C6H8INO2. The zero-order valence-electron chi connectivity index (χ0n) is 5.39. The third-order valence-corrected chi connectivity index (χ3v) is 1.35. The van der Waals surface area contributed by atoms with Crippen LogP contribution in [0.1, 0.15) is 6.42 Å². The third kappa shape index (κ3) is 5.74. The van der Waals surface area contributed by atoms with Crippen molar-refractivity contribution in [2.45, 2.75) is 6.42 Å². The maximum absolute atomic E-state index is 10.5. The highest BCUT2D eigenvalue weighted by Crippen LogP contribution is 1.89. The highest BCUT2D eigenvalue weighted by atomic mass is 127. The van der Waals surface area contributed by atoms with Gasteiger partial charge in [0.1, 0.15) is 0 Å². The van der Waals surface area contributed by atoms with E-state index in [0.717, 1.165) is 0 Å². The normalized spacial score (nSPS) is 8.50. The quantitative estimate of drug-likeness (QED) is 0.454. The van der Waals surface area contributed by atoms with Crippen molar-refractivity contribution >= 4 is 32.3 Å². The van der Waals surface area contributed by atoms with Crippen LogP contribution in [-0.2, 0) is 9.59 Å². The van der Waals surface area contributed by atoms with Gasteiger partial charge in [0.2, 0.25) is 5.91 Å². The molecule has 0 heterocycles. The number of hydrogen-bond donors (Lipinski definition) is 1. The van der Waals surface area contributed by atoms with Crippen LogP contribution in [0.2, 0.25) is 0 Å². The Balaban J connectivity index is 3.28. The Hall–Kier alpha value is -0.390. The van der Waals surface area contributed by atoms with Crippen molar-refractivity contribution in [1.29, 1.82) is 0 Å². The van der Waals surface area contributed by atoms with Gasteiger partial charge in [-0.2, -0.15) is 0 Å². The number of nitrogens with one attached hydrogen (secondary N) is 1. The molecule has 1 amide bonds. The Labute approximate surface area is 73.0 Å².